The number of hydrogen-bond donors (Lipinski definition) is 1. The summed E-state index contributed by atoms with van der Waals surface area (Å²) < 4.78 is 26.3. The number of amides is 1. The number of sulfonamides is 1. The second-order valence-electron chi connectivity index (χ2n) is 6.89. The zero-order valence-electron chi connectivity index (χ0n) is 16.6. The predicted molar refractivity (Wildman–Crippen MR) is 110 cm³/mol. The predicted octanol–water partition coefficient (Wildman–Crippen LogP) is 3.73. The lowest BCUT2D eigenvalue weighted by atomic mass is 10.1. The van der Waals surface area contributed by atoms with E-state index in [0.29, 0.717) is 12.1 Å². The maximum absolute atomic E-state index is 13.0. The first-order valence-electron chi connectivity index (χ1n) is 9.07. The molecule has 2 aromatic carbocycles. The summed E-state index contributed by atoms with van der Waals surface area (Å²) in [5.74, 6) is -0.308. The van der Waals surface area contributed by atoms with Crippen molar-refractivity contribution in [3.63, 3.8) is 0 Å². The molecule has 0 aromatic heterocycles. The summed E-state index contributed by atoms with van der Waals surface area (Å²) in [4.78, 5) is 13.0. The third kappa shape index (κ3) is 5.10. The number of carbonyl (C=O) groups excluding carboxylic acids is 1. The SMILES string of the molecule is CCC(C(=O)NC(C)c1ccccc1)N(c1ccc(C)c(C)c1)S(C)(=O)=O. The van der Waals surface area contributed by atoms with Crippen molar-refractivity contribution < 1.29 is 13.2 Å². The van der Waals surface area contributed by atoms with Crippen LogP contribution in [0.15, 0.2) is 48.5 Å². The monoisotopic (exact) mass is 388 g/mol. The van der Waals surface area contributed by atoms with Gasteiger partial charge in [0.25, 0.3) is 0 Å². The van der Waals surface area contributed by atoms with Gasteiger partial charge in [0, 0.05) is 0 Å². The van der Waals surface area contributed by atoms with Gasteiger partial charge in [-0.15, -0.1) is 0 Å². The summed E-state index contributed by atoms with van der Waals surface area (Å²) in [6, 6.07) is 14.0. The van der Waals surface area contributed by atoms with Crippen LogP contribution in [0.4, 0.5) is 5.69 Å². The third-order valence-corrected chi connectivity index (χ3v) is 5.91. The lowest BCUT2D eigenvalue weighted by Crippen LogP contribution is -2.49. The maximum Gasteiger partial charge on any atom is 0.244 e. The number of hydrogen-bond acceptors (Lipinski definition) is 3. The van der Waals surface area contributed by atoms with E-state index >= 15 is 0 Å². The van der Waals surface area contributed by atoms with Crippen LogP contribution in [-0.4, -0.2) is 26.6 Å². The van der Waals surface area contributed by atoms with E-state index in [1.807, 2.05) is 70.2 Å². The molecular formula is C21H28N2O3S. The number of anilines is 1. The molecule has 5 nitrogen and oxygen atoms in total. The quantitative estimate of drug-likeness (QED) is 0.786. The number of benzene rings is 2. The lowest BCUT2D eigenvalue weighted by Gasteiger charge is -2.31. The summed E-state index contributed by atoms with van der Waals surface area (Å²) in [5, 5.41) is 2.95. The minimum absolute atomic E-state index is 0.214. The number of nitrogens with one attached hydrogen (secondary N) is 1. The lowest BCUT2D eigenvalue weighted by molar-refractivity contribution is -0.122. The van der Waals surface area contributed by atoms with E-state index < -0.39 is 16.1 Å². The van der Waals surface area contributed by atoms with Crippen molar-refractivity contribution in [3.05, 3.63) is 65.2 Å². The summed E-state index contributed by atoms with van der Waals surface area (Å²) >= 11 is 0. The summed E-state index contributed by atoms with van der Waals surface area (Å²) in [7, 11) is -3.63. The Morgan fingerprint density at radius 3 is 2.22 bits per heavy atom. The molecule has 2 unspecified atom stereocenters. The van der Waals surface area contributed by atoms with Gasteiger partial charge in [0.15, 0.2) is 0 Å². The fourth-order valence-corrected chi connectivity index (χ4v) is 4.26. The number of nitrogens with zero attached hydrogens (tertiary/aromatic N) is 1. The summed E-state index contributed by atoms with van der Waals surface area (Å²) in [6.07, 6.45) is 1.51. The Kier molecular flexibility index (Phi) is 6.65. The van der Waals surface area contributed by atoms with E-state index in [9.17, 15) is 13.2 Å². The van der Waals surface area contributed by atoms with Crippen LogP contribution in [0.1, 0.15) is 43.0 Å². The zero-order chi connectivity index (χ0) is 20.2. The second-order valence-corrected chi connectivity index (χ2v) is 8.75. The van der Waals surface area contributed by atoms with Crippen molar-refractivity contribution in [1.82, 2.24) is 5.32 Å². The summed E-state index contributed by atoms with van der Waals surface area (Å²) in [6.45, 7) is 7.60. The van der Waals surface area contributed by atoms with E-state index in [4.69, 9.17) is 0 Å². The Morgan fingerprint density at radius 2 is 1.70 bits per heavy atom. The van der Waals surface area contributed by atoms with Gasteiger partial charge in [0.1, 0.15) is 6.04 Å². The second kappa shape index (κ2) is 8.57. The molecule has 0 aliphatic rings. The molecule has 2 rings (SSSR count). The highest BCUT2D eigenvalue weighted by Gasteiger charge is 2.32. The van der Waals surface area contributed by atoms with E-state index in [0.717, 1.165) is 22.9 Å². The first kappa shape index (κ1) is 21.0. The Bertz CT molecular complexity index is 895. The molecular weight excluding hydrogens is 360 g/mol. The smallest absolute Gasteiger partial charge is 0.244 e. The van der Waals surface area contributed by atoms with Gasteiger partial charge in [-0.25, -0.2) is 8.42 Å². The van der Waals surface area contributed by atoms with Crippen LogP contribution in [0.5, 0.6) is 0 Å². The van der Waals surface area contributed by atoms with Crippen LogP contribution in [0, 0.1) is 13.8 Å². The Hall–Kier alpha value is -2.34. The molecule has 0 saturated heterocycles. The van der Waals surface area contributed by atoms with Crippen LogP contribution >= 0.6 is 0 Å². The number of carbonyl (C=O) groups is 1. The summed E-state index contributed by atoms with van der Waals surface area (Å²) in [5.41, 5.74) is 3.53. The van der Waals surface area contributed by atoms with Crippen LogP contribution < -0.4 is 9.62 Å². The molecule has 0 fully saturated rings. The molecule has 1 amide bonds. The highest BCUT2D eigenvalue weighted by molar-refractivity contribution is 7.92. The van der Waals surface area contributed by atoms with Gasteiger partial charge in [0.2, 0.25) is 15.9 Å². The highest BCUT2D eigenvalue weighted by atomic mass is 32.2. The van der Waals surface area contributed by atoms with Gasteiger partial charge in [-0.1, -0.05) is 43.3 Å². The maximum atomic E-state index is 13.0. The molecule has 0 aliphatic carbocycles. The van der Waals surface area contributed by atoms with Crippen LogP contribution in [0.2, 0.25) is 0 Å². The highest BCUT2D eigenvalue weighted by Crippen LogP contribution is 2.25. The van der Waals surface area contributed by atoms with E-state index in [1.165, 1.54) is 4.31 Å². The van der Waals surface area contributed by atoms with E-state index in [-0.39, 0.29) is 11.9 Å². The standard InChI is InChI=1S/C21H28N2O3S/c1-6-20(21(24)22-17(4)18-10-8-7-9-11-18)23(27(5,25)26)19-13-12-15(2)16(3)14-19/h7-14,17,20H,6H2,1-5H3,(H,22,24). The average molecular weight is 389 g/mol. The minimum Gasteiger partial charge on any atom is -0.348 e. The molecule has 0 aliphatic heterocycles. The number of aryl methyl sites for hydroxylation is 2. The molecule has 1 N–H and O–H groups in total. The fourth-order valence-electron chi connectivity index (χ4n) is 3.06. The Labute approximate surface area is 162 Å². The van der Waals surface area contributed by atoms with Crippen molar-refractivity contribution in [2.24, 2.45) is 0 Å². The zero-order valence-corrected chi connectivity index (χ0v) is 17.4. The molecule has 0 spiro atoms. The first-order chi connectivity index (χ1) is 12.6. The fraction of sp³-hybridized carbons (Fsp3) is 0.381. The van der Waals surface area contributed by atoms with Gasteiger partial charge < -0.3 is 5.32 Å². The van der Waals surface area contributed by atoms with Crippen molar-refractivity contribution in [1.29, 1.82) is 0 Å². The van der Waals surface area contributed by atoms with Crippen LogP contribution in [0.25, 0.3) is 0 Å². The van der Waals surface area contributed by atoms with Crippen molar-refractivity contribution in [2.75, 3.05) is 10.6 Å². The molecule has 2 atom stereocenters. The topological polar surface area (TPSA) is 66.5 Å². The van der Waals surface area contributed by atoms with Crippen LogP contribution in [0.3, 0.4) is 0 Å². The van der Waals surface area contributed by atoms with Gasteiger partial charge in [-0.2, -0.15) is 0 Å². The molecule has 2 aromatic rings. The largest absolute Gasteiger partial charge is 0.348 e. The molecule has 0 bridgehead atoms. The first-order valence-corrected chi connectivity index (χ1v) is 10.9. The van der Waals surface area contributed by atoms with Gasteiger partial charge in [-0.05, 0) is 56.0 Å². The molecule has 146 valence electrons. The van der Waals surface area contributed by atoms with Crippen molar-refractivity contribution in [3.8, 4) is 0 Å². The number of rotatable bonds is 7. The average Bonchev–Trinajstić information content (AvgIpc) is 2.61. The minimum atomic E-state index is -3.63. The van der Waals surface area contributed by atoms with Gasteiger partial charge in [-0.3, -0.25) is 9.10 Å². The Morgan fingerprint density at radius 1 is 1.07 bits per heavy atom. The molecule has 0 radical (unpaired) electrons. The Balaban J connectivity index is 2.34. The van der Waals surface area contributed by atoms with E-state index in [1.54, 1.807) is 6.07 Å². The molecule has 27 heavy (non-hydrogen) atoms. The molecule has 6 heteroatoms. The van der Waals surface area contributed by atoms with Crippen molar-refractivity contribution in [2.45, 2.75) is 46.2 Å². The van der Waals surface area contributed by atoms with Crippen LogP contribution in [-0.2, 0) is 14.8 Å². The third-order valence-electron chi connectivity index (χ3n) is 4.73. The van der Waals surface area contributed by atoms with Gasteiger partial charge >= 0.3 is 0 Å². The molecule has 0 heterocycles. The van der Waals surface area contributed by atoms with E-state index in [2.05, 4.69) is 5.32 Å². The van der Waals surface area contributed by atoms with Gasteiger partial charge in [0.05, 0.1) is 18.0 Å². The molecule has 0 saturated carbocycles. The normalized spacial score (nSPS) is 13.7. The van der Waals surface area contributed by atoms with Crippen molar-refractivity contribution >= 4 is 21.6 Å².